The Morgan fingerprint density at radius 3 is 2.83 bits per heavy atom. The highest BCUT2D eigenvalue weighted by atomic mass is 35.5. The predicted octanol–water partition coefficient (Wildman–Crippen LogP) is 3.36. The number of aryl methyl sites for hydroxylation is 2. The van der Waals surface area contributed by atoms with E-state index in [9.17, 15) is 4.79 Å². The maximum absolute atomic E-state index is 13.5. The van der Waals surface area contributed by atoms with Crippen LogP contribution in [0.3, 0.4) is 0 Å². The quantitative estimate of drug-likeness (QED) is 0.596. The molecule has 0 bridgehead atoms. The molecule has 0 aliphatic carbocycles. The summed E-state index contributed by atoms with van der Waals surface area (Å²) in [5.74, 6) is -0.0837. The van der Waals surface area contributed by atoms with Gasteiger partial charge in [0.25, 0.3) is 5.91 Å². The zero-order valence-corrected chi connectivity index (χ0v) is 18.2. The molecule has 0 spiro atoms. The Morgan fingerprint density at radius 1 is 1.34 bits per heavy atom. The van der Waals surface area contributed by atoms with Crippen molar-refractivity contribution in [2.24, 2.45) is 7.05 Å². The van der Waals surface area contributed by atoms with Gasteiger partial charge in [-0.2, -0.15) is 5.10 Å². The van der Waals surface area contributed by atoms with Crippen LogP contribution in [-0.4, -0.2) is 65.0 Å². The number of carbonyl (C=O) groups is 1. The molecule has 0 unspecified atom stereocenters. The van der Waals surface area contributed by atoms with Crippen LogP contribution in [0.5, 0.6) is 0 Å². The van der Waals surface area contributed by atoms with Crippen molar-refractivity contribution < 1.29 is 9.53 Å². The molecule has 3 heterocycles. The van der Waals surface area contributed by atoms with Gasteiger partial charge in [0.15, 0.2) is 5.13 Å². The van der Waals surface area contributed by atoms with Crippen LogP contribution in [0.1, 0.15) is 22.5 Å². The lowest BCUT2D eigenvalue weighted by molar-refractivity contribution is 0.0376. The molecule has 9 heteroatoms. The normalized spacial score (nSPS) is 15.1. The zero-order valence-electron chi connectivity index (χ0n) is 16.6. The second-order valence-corrected chi connectivity index (χ2v) is 8.56. The molecule has 7 nitrogen and oxygen atoms in total. The van der Waals surface area contributed by atoms with E-state index in [0.29, 0.717) is 22.4 Å². The molecule has 29 heavy (non-hydrogen) atoms. The number of morpholine rings is 1. The molecule has 2 aromatic heterocycles. The molecule has 4 rings (SSSR count). The van der Waals surface area contributed by atoms with Crippen LogP contribution in [0.2, 0.25) is 5.02 Å². The number of amides is 1. The molecule has 1 aliphatic heterocycles. The van der Waals surface area contributed by atoms with Gasteiger partial charge in [0, 0.05) is 33.2 Å². The standard InChI is InChI=1S/C20H24ClN5O2S/c1-14-13-22-24(2)18(14)19(27)26(8-4-7-25-9-11-28-12-10-25)20-23-17-15(21)5-3-6-16(17)29-20/h3,5-6,13H,4,7-12H2,1-2H3. The highest BCUT2D eigenvalue weighted by Gasteiger charge is 2.26. The number of rotatable bonds is 6. The van der Waals surface area contributed by atoms with Gasteiger partial charge < -0.3 is 4.74 Å². The van der Waals surface area contributed by atoms with Gasteiger partial charge in [0.1, 0.15) is 11.2 Å². The van der Waals surface area contributed by atoms with Gasteiger partial charge in [-0.05, 0) is 31.0 Å². The van der Waals surface area contributed by atoms with Crippen LogP contribution in [-0.2, 0) is 11.8 Å². The average Bonchev–Trinajstić information content (AvgIpc) is 3.29. The number of halogens is 1. The number of fused-ring (bicyclic) bond motifs is 1. The number of thiazole rings is 1. The van der Waals surface area contributed by atoms with Crippen molar-refractivity contribution >= 4 is 44.2 Å². The summed E-state index contributed by atoms with van der Waals surface area (Å²) in [6.07, 6.45) is 2.57. The SMILES string of the molecule is Cc1cnn(C)c1C(=O)N(CCCN1CCOCC1)c1nc2c(Cl)cccc2s1. The Kier molecular flexibility index (Phi) is 6.15. The van der Waals surface area contributed by atoms with Gasteiger partial charge in [-0.15, -0.1) is 0 Å². The summed E-state index contributed by atoms with van der Waals surface area (Å²) in [5.41, 5.74) is 2.18. The maximum Gasteiger partial charge on any atom is 0.278 e. The molecular weight excluding hydrogens is 410 g/mol. The van der Waals surface area contributed by atoms with E-state index >= 15 is 0 Å². The zero-order chi connectivity index (χ0) is 20.4. The largest absolute Gasteiger partial charge is 0.379 e. The Balaban J connectivity index is 1.60. The lowest BCUT2D eigenvalue weighted by Crippen LogP contribution is -2.39. The van der Waals surface area contributed by atoms with Crippen molar-refractivity contribution in [3.05, 3.63) is 40.7 Å². The van der Waals surface area contributed by atoms with E-state index in [-0.39, 0.29) is 5.91 Å². The molecule has 1 fully saturated rings. The van der Waals surface area contributed by atoms with Crippen LogP contribution in [0.25, 0.3) is 10.2 Å². The highest BCUT2D eigenvalue weighted by molar-refractivity contribution is 7.22. The second kappa shape index (κ2) is 8.79. The minimum atomic E-state index is -0.0837. The first-order valence-electron chi connectivity index (χ1n) is 9.70. The average molecular weight is 434 g/mol. The summed E-state index contributed by atoms with van der Waals surface area (Å²) in [5, 5.41) is 5.50. The third kappa shape index (κ3) is 4.30. The van der Waals surface area contributed by atoms with Gasteiger partial charge in [0.05, 0.1) is 29.1 Å². The Bertz CT molecular complexity index is 992. The number of anilines is 1. The lowest BCUT2D eigenvalue weighted by Gasteiger charge is -2.27. The predicted molar refractivity (Wildman–Crippen MR) is 116 cm³/mol. The van der Waals surface area contributed by atoms with Gasteiger partial charge in [-0.1, -0.05) is 29.0 Å². The Hall–Kier alpha value is -2.00. The molecule has 0 N–H and O–H groups in total. The number of benzene rings is 1. The lowest BCUT2D eigenvalue weighted by atomic mass is 10.2. The van der Waals surface area contributed by atoms with Crippen molar-refractivity contribution in [3.63, 3.8) is 0 Å². The smallest absolute Gasteiger partial charge is 0.278 e. The van der Waals surface area contributed by atoms with E-state index < -0.39 is 0 Å². The molecule has 154 valence electrons. The van der Waals surface area contributed by atoms with E-state index in [2.05, 4.69) is 10.00 Å². The molecule has 0 saturated carbocycles. The fraction of sp³-hybridized carbons (Fsp3) is 0.450. The number of hydrogen-bond donors (Lipinski definition) is 0. The molecule has 0 atom stereocenters. The number of hydrogen-bond acceptors (Lipinski definition) is 6. The number of carbonyl (C=O) groups excluding carboxylic acids is 1. The van der Waals surface area contributed by atoms with Crippen molar-refractivity contribution in [2.75, 3.05) is 44.3 Å². The summed E-state index contributed by atoms with van der Waals surface area (Å²) >= 11 is 7.81. The van der Waals surface area contributed by atoms with Crippen LogP contribution < -0.4 is 4.90 Å². The third-order valence-electron chi connectivity index (χ3n) is 5.12. The minimum absolute atomic E-state index is 0.0837. The van der Waals surface area contributed by atoms with Crippen molar-refractivity contribution in [2.45, 2.75) is 13.3 Å². The molecule has 1 saturated heterocycles. The second-order valence-electron chi connectivity index (χ2n) is 7.15. The number of ether oxygens (including phenoxy) is 1. The van der Waals surface area contributed by atoms with Gasteiger partial charge in [-0.3, -0.25) is 19.3 Å². The summed E-state index contributed by atoms with van der Waals surface area (Å²) < 4.78 is 8.02. The van der Waals surface area contributed by atoms with E-state index in [1.807, 2.05) is 25.1 Å². The summed E-state index contributed by atoms with van der Waals surface area (Å²) in [7, 11) is 1.79. The highest BCUT2D eigenvalue weighted by Crippen LogP contribution is 2.33. The first-order chi connectivity index (χ1) is 14.0. The molecule has 0 radical (unpaired) electrons. The van der Waals surface area contributed by atoms with Crippen LogP contribution in [0.15, 0.2) is 24.4 Å². The van der Waals surface area contributed by atoms with Crippen LogP contribution >= 0.6 is 22.9 Å². The minimum Gasteiger partial charge on any atom is -0.379 e. The first kappa shape index (κ1) is 20.3. The topological polar surface area (TPSA) is 63.5 Å². The Morgan fingerprint density at radius 2 is 2.14 bits per heavy atom. The Labute approximate surface area is 178 Å². The van der Waals surface area contributed by atoms with E-state index in [1.54, 1.807) is 22.8 Å². The third-order valence-corrected chi connectivity index (χ3v) is 6.47. The fourth-order valence-corrected chi connectivity index (χ4v) is 4.85. The monoisotopic (exact) mass is 433 g/mol. The van der Waals surface area contributed by atoms with E-state index in [1.165, 1.54) is 11.3 Å². The van der Waals surface area contributed by atoms with Crippen LogP contribution in [0.4, 0.5) is 5.13 Å². The molecule has 1 amide bonds. The summed E-state index contributed by atoms with van der Waals surface area (Å²) in [4.78, 5) is 22.3. The maximum atomic E-state index is 13.5. The van der Waals surface area contributed by atoms with Crippen molar-refractivity contribution in [3.8, 4) is 0 Å². The first-order valence-corrected chi connectivity index (χ1v) is 10.9. The van der Waals surface area contributed by atoms with E-state index in [0.717, 1.165) is 55.0 Å². The number of para-hydroxylation sites is 1. The van der Waals surface area contributed by atoms with Crippen molar-refractivity contribution in [1.29, 1.82) is 0 Å². The number of aromatic nitrogens is 3. The molecule has 3 aromatic rings. The molecular formula is C20H24ClN5O2S. The van der Waals surface area contributed by atoms with Gasteiger partial charge >= 0.3 is 0 Å². The molecule has 1 aliphatic rings. The van der Waals surface area contributed by atoms with Crippen LogP contribution in [0, 0.1) is 6.92 Å². The van der Waals surface area contributed by atoms with Gasteiger partial charge in [-0.25, -0.2) is 4.98 Å². The summed E-state index contributed by atoms with van der Waals surface area (Å²) in [6, 6.07) is 5.71. The fourth-order valence-electron chi connectivity index (χ4n) is 3.56. The molecule has 1 aromatic carbocycles. The van der Waals surface area contributed by atoms with Gasteiger partial charge in [0.2, 0.25) is 0 Å². The van der Waals surface area contributed by atoms with Crippen molar-refractivity contribution in [1.82, 2.24) is 19.7 Å². The number of nitrogens with zero attached hydrogens (tertiary/aromatic N) is 5. The van der Waals surface area contributed by atoms with E-state index in [4.69, 9.17) is 21.3 Å². The summed E-state index contributed by atoms with van der Waals surface area (Å²) in [6.45, 7) is 6.82.